The molecule has 3 aromatic carbocycles. The summed E-state index contributed by atoms with van der Waals surface area (Å²) in [4.78, 5) is 18.4. The van der Waals surface area contributed by atoms with Gasteiger partial charge in [-0.25, -0.2) is 13.2 Å². The first-order chi connectivity index (χ1) is 16.3. The Kier molecular flexibility index (Phi) is 5.54. The van der Waals surface area contributed by atoms with Gasteiger partial charge in [0.05, 0.1) is 18.0 Å². The quantitative estimate of drug-likeness (QED) is 0.414. The topological polar surface area (TPSA) is 106 Å². The lowest BCUT2D eigenvalue weighted by Gasteiger charge is -2.21. The summed E-state index contributed by atoms with van der Waals surface area (Å²) in [7, 11) is -2.29. The van der Waals surface area contributed by atoms with Crippen LogP contribution >= 0.6 is 0 Å². The largest absolute Gasteiger partial charge is 0.443 e. The summed E-state index contributed by atoms with van der Waals surface area (Å²) in [5.74, 6) is 0.929. The number of fused-ring (bicyclic) bond motifs is 1. The highest BCUT2D eigenvalue weighted by atomic mass is 32.2. The molecule has 0 saturated carbocycles. The molecule has 1 aromatic heterocycles. The zero-order chi connectivity index (χ0) is 23.9. The summed E-state index contributed by atoms with van der Waals surface area (Å²) in [5.41, 5.74) is 1.39. The van der Waals surface area contributed by atoms with Gasteiger partial charge in [-0.05, 0) is 35.7 Å². The first kappa shape index (κ1) is 22.1. The van der Waals surface area contributed by atoms with E-state index in [-0.39, 0.29) is 18.0 Å². The van der Waals surface area contributed by atoms with Gasteiger partial charge in [-0.15, -0.1) is 0 Å². The molecule has 0 aliphatic carbocycles. The van der Waals surface area contributed by atoms with Gasteiger partial charge in [-0.3, -0.25) is 4.90 Å². The monoisotopic (exact) mass is 478 g/mol. The number of amides is 1. The summed E-state index contributed by atoms with van der Waals surface area (Å²) >= 11 is 0. The number of nitrogens with zero attached hydrogens (tertiary/aromatic N) is 4. The second kappa shape index (κ2) is 8.54. The van der Waals surface area contributed by atoms with Crippen LogP contribution in [0.3, 0.4) is 0 Å². The van der Waals surface area contributed by atoms with Crippen molar-refractivity contribution in [1.82, 2.24) is 14.4 Å². The van der Waals surface area contributed by atoms with Crippen LogP contribution in [0.1, 0.15) is 5.89 Å². The number of cyclic esters (lactones) is 1. The van der Waals surface area contributed by atoms with Crippen molar-refractivity contribution in [2.75, 3.05) is 25.0 Å². The first-order valence-electron chi connectivity index (χ1n) is 10.7. The fourth-order valence-electron chi connectivity index (χ4n) is 4.01. The van der Waals surface area contributed by atoms with Crippen LogP contribution in [-0.2, 0) is 14.8 Å². The maximum Gasteiger partial charge on any atom is 0.414 e. The van der Waals surface area contributed by atoms with E-state index in [9.17, 15) is 13.2 Å². The number of aryl methyl sites for hydroxylation is 1. The Hall–Kier alpha value is -3.76. The standard InChI is InChI=1S/C24H22N4O5S/c1-16-25-23(26-33-16)18-10-12-19(13-11-18)28-15-20(32-24(28)29)14-27(2)34(30,31)22-9-5-7-17-6-3-4-8-21(17)22/h3-13,20H,14-15H2,1-2H3. The number of aromatic nitrogens is 2. The van der Waals surface area contributed by atoms with Crippen LogP contribution in [0.15, 0.2) is 76.1 Å². The lowest BCUT2D eigenvalue weighted by Crippen LogP contribution is -2.36. The van der Waals surface area contributed by atoms with Gasteiger partial charge < -0.3 is 9.26 Å². The molecule has 5 rings (SSSR count). The van der Waals surface area contributed by atoms with E-state index in [2.05, 4.69) is 10.1 Å². The van der Waals surface area contributed by atoms with Crippen molar-refractivity contribution in [2.24, 2.45) is 0 Å². The minimum atomic E-state index is -3.79. The van der Waals surface area contributed by atoms with E-state index in [4.69, 9.17) is 9.26 Å². The SMILES string of the molecule is Cc1nc(-c2ccc(N3CC(CN(C)S(=O)(=O)c4cccc5ccccc45)OC3=O)cc2)no1. The molecule has 0 radical (unpaired) electrons. The van der Waals surface area contributed by atoms with Crippen molar-refractivity contribution in [3.8, 4) is 11.4 Å². The second-order valence-electron chi connectivity index (χ2n) is 8.06. The summed E-state index contributed by atoms with van der Waals surface area (Å²) in [6, 6.07) is 19.6. The fourth-order valence-corrected chi connectivity index (χ4v) is 5.42. The summed E-state index contributed by atoms with van der Waals surface area (Å²) in [6.45, 7) is 1.98. The van der Waals surface area contributed by atoms with Gasteiger partial charge in [0.2, 0.25) is 21.7 Å². The highest BCUT2D eigenvalue weighted by Gasteiger charge is 2.35. The minimum Gasteiger partial charge on any atom is -0.443 e. The maximum atomic E-state index is 13.3. The van der Waals surface area contributed by atoms with E-state index in [0.717, 1.165) is 10.9 Å². The number of anilines is 1. The number of hydrogen-bond acceptors (Lipinski definition) is 7. The van der Waals surface area contributed by atoms with Crippen molar-refractivity contribution >= 4 is 32.6 Å². The van der Waals surface area contributed by atoms with Crippen LogP contribution in [0.25, 0.3) is 22.2 Å². The first-order valence-corrected chi connectivity index (χ1v) is 12.1. The molecule has 1 aliphatic rings. The molecule has 1 amide bonds. The van der Waals surface area contributed by atoms with Crippen LogP contribution in [0, 0.1) is 6.92 Å². The molecule has 1 unspecified atom stereocenters. The van der Waals surface area contributed by atoms with Crippen LogP contribution < -0.4 is 4.90 Å². The van der Waals surface area contributed by atoms with Gasteiger partial charge in [-0.2, -0.15) is 9.29 Å². The van der Waals surface area contributed by atoms with Gasteiger partial charge in [0, 0.05) is 30.6 Å². The summed E-state index contributed by atoms with van der Waals surface area (Å²) in [5, 5.41) is 5.38. The third kappa shape index (κ3) is 4.02. The molecule has 1 fully saturated rings. The molecule has 174 valence electrons. The van der Waals surface area contributed by atoms with Crippen LogP contribution in [0.2, 0.25) is 0 Å². The van der Waals surface area contributed by atoms with Gasteiger partial charge in [-0.1, -0.05) is 41.6 Å². The Labute approximate surface area is 196 Å². The lowest BCUT2D eigenvalue weighted by atomic mass is 10.1. The molecule has 1 aliphatic heterocycles. The molecule has 0 bridgehead atoms. The number of benzene rings is 3. The van der Waals surface area contributed by atoms with Crippen LogP contribution in [0.5, 0.6) is 0 Å². The van der Waals surface area contributed by atoms with E-state index in [0.29, 0.717) is 22.8 Å². The Balaban J connectivity index is 1.31. The number of likely N-dealkylation sites (N-methyl/N-ethyl adjacent to an activating group) is 1. The number of hydrogen-bond donors (Lipinski definition) is 0. The summed E-state index contributed by atoms with van der Waals surface area (Å²) < 4.78 is 38.3. The van der Waals surface area contributed by atoms with Crippen molar-refractivity contribution in [3.05, 3.63) is 72.6 Å². The van der Waals surface area contributed by atoms with E-state index in [1.807, 2.05) is 24.3 Å². The maximum absolute atomic E-state index is 13.3. The van der Waals surface area contributed by atoms with E-state index >= 15 is 0 Å². The number of sulfonamides is 1. The smallest absolute Gasteiger partial charge is 0.414 e. The molecule has 1 saturated heterocycles. The molecule has 4 aromatic rings. The van der Waals surface area contributed by atoms with E-state index in [1.54, 1.807) is 49.4 Å². The molecule has 2 heterocycles. The van der Waals surface area contributed by atoms with E-state index < -0.39 is 22.2 Å². The van der Waals surface area contributed by atoms with Gasteiger partial charge in [0.1, 0.15) is 6.10 Å². The minimum absolute atomic E-state index is 0.0357. The molecule has 0 spiro atoms. The summed E-state index contributed by atoms with van der Waals surface area (Å²) in [6.07, 6.45) is -1.13. The van der Waals surface area contributed by atoms with Gasteiger partial charge in [0.15, 0.2) is 0 Å². The lowest BCUT2D eigenvalue weighted by molar-refractivity contribution is 0.131. The number of rotatable bonds is 6. The van der Waals surface area contributed by atoms with E-state index in [1.165, 1.54) is 16.3 Å². The molecular formula is C24H22N4O5S. The van der Waals surface area contributed by atoms with Crippen LogP contribution in [-0.4, -0.2) is 55.2 Å². The normalized spacial score (nSPS) is 16.4. The second-order valence-corrected chi connectivity index (χ2v) is 10.1. The average Bonchev–Trinajstić information content (AvgIpc) is 3.43. The molecule has 0 N–H and O–H groups in total. The molecule has 1 atom stereocenters. The average molecular weight is 479 g/mol. The van der Waals surface area contributed by atoms with Gasteiger partial charge in [0.25, 0.3) is 0 Å². The third-order valence-electron chi connectivity index (χ3n) is 5.74. The third-order valence-corrected chi connectivity index (χ3v) is 7.62. The molecule has 10 heteroatoms. The highest BCUT2D eigenvalue weighted by Crippen LogP contribution is 2.28. The zero-order valence-corrected chi connectivity index (χ0v) is 19.4. The van der Waals surface area contributed by atoms with Crippen molar-refractivity contribution in [3.63, 3.8) is 0 Å². The highest BCUT2D eigenvalue weighted by molar-refractivity contribution is 7.89. The van der Waals surface area contributed by atoms with Crippen molar-refractivity contribution in [2.45, 2.75) is 17.9 Å². The Morgan fingerprint density at radius 3 is 2.53 bits per heavy atom. The number of ether oxygens (including phenoxy) is 1. The molecule has 34 heavy (non-hydrogen) atoms. The number of carbonyl (C=O) groups excluding carboxylic acids is 1. The van der Waals surface area contributed by atoms with Gasteiger partial charge >= 0.3 is 6.09 Å². The van der Waals surface area contributed by atoms with Crippen molar-refractivity contribution < 1.29 is 22.5 Å². The predicted molar refractivity (Wildman–Crippen MR) is 126 cm³/mol. The Morgan fingerprint density at radius 2 is 1.79 bits per heavy atom. The Bertz CT molecular complexity index is 1460. The van der Waals surface area contributed by atoms with Crippen molar-refractivity contribution in [1.29, 1.82) is 0 Å². The fraction of sp³-hybridized carbons (Fsp3) is 0.208. The molecule has 9 nitrogen and oxygen atoms in total. The predicted octanol–water partition coefficient (Wildman–Crippen LogP) is 3.84. The molecular weight excluding hydrogens is 456 g/mol. The Morgan fingerprint density at radius 1 is 1.06 bits per heavy atom. The van der Waals surface area contributed by atoms with Crippen LogP contribution in [0.4, 0.5) is 10.5 Å². The zero-order valence-electron chi connectivity index (χ0n) is 18.6. The number of carbonyl (C=O) groups is 1.